The number of thioether (sulfide) groups is 2. The molecule has 0 radical (unpaired) electrons. The molecule has 0 aromatic carbocycles. The maximum Gasteiger partial charge on any atom is 0.0580 e. The largest absolute Gasteiger partial charge is 0.378 e. The van der Waals surface area contributed by atoms with Gasteiger partial charge in [-0.1, -0.05) is 0 Å². The Bertz CT molecular complexity index is 385. The molecule has 0 unspecified atom stereocenters. The summed E-state index contributed by atoms with van der Waals surface area (Å²) in [5, 5.41) is 3.25. The zero-order valence-electron chi connectivity index (χ0n) is 19.0. The van der Waals surface area contributed by atoms with Crippen molar-refractivity contribution >= 4 is 23.5 Å². The third kappa shape index (κ3) is 6.35. The maximum atomic E-state index is 5.48. The summed E-state index contributed by atoms with van der Waals surface area (Å²) in [6.45, 7) is 1.06. The molecule has 30 heavy (non-hydrogen) atoms. The molecule has 0 N–H and O–H groups in total. The lowest BCUT2D eigenvalue weighted by Crippen LogP contribution is -2.32. The first-order valence-corrected chi connectivity index (χ1v) is 15.3. The predicted molar refractivity (Wildman–Crippen MR) is 131 cm³/mol. The Balaban J connectivity index is 0.0000000858. The normalized spacial score (nSPS) is 46.4. The highest BCUT2D eigenvalue weighted by Crippen LogP contribution is 2.45. The first-order valence-electron chi connectivity index (χ1n) is 13.3. The van der Waals surface area contributed by atoms with Gasteiger partial charge in [0, 0.05) is 22.4 Å². The summed E-state index contributed by atoms with van der Waals surface area (Å²) in [6.07, 6.45) is 25.1. The van der Waals surface area contributed by atoms with Crippen LogP contribution in [0.3, 0.4) is 0 Å². The van der Waals surface area contributed by atoms with Crippen LogP contribution in [0.25, 0.3) is 0 Å². The second-order valence-corrected chi connectivity index (χ2v) is 14.0. The number of fused-ring (bicyclic) bond motifs is 10. The smallest absolute Gasteiger partial charge is 0.0580 e. The summed E-state index contributed by atoms with van der Waals surface area (Å²) in [7, 11) is 0. The summed E-state index contributed by atoms with van der Waals surface area (Å²) in [4.78, 5) is 0. The minimum atomic E-state index is 0.653. The topological polar surface area (TPSA) is 18.5 Å². The standard InChI is InChI=1S/C7H12O.C7H12S.C6H10O.C6H10S/c2*1-3-7-4-2-6(1)5-8-7;2*1-2-6-4-3-5(1)7-6/h2*6-7H,1-5H2;2*5-6H,1-4H2. The van der Waals surface area contributed by atoms with E-state index in [1.807, 2.05) is 0 Å². The highest BCUT2D eigenvalue weighted by Gasteiger charge is 2.32. The average Bonchev–Trinajstić information content (AvgIpc) is 3.67. The maximum absolute atomic E-state index is 5.48. The molecule has 8 saturated heterocycles. The third-order valence-electron chi connectivity index (χ3n) is 8.74. The highest BCUT2D eigenvalue weighted by atomic mass is 32.2. The van der Waals surface area contributed by atoms with Crippen molar-refractivity contribution in [3.05, 3.63) is 0 Å². The van der Waals surface area contributed by atoms with Crippen molar-refractivity contribution in [3.63, 3.8) is 0 Å². The molecule has 4 heteroatoms. The van der Waals surface area contributed by atoms with Crippen LogP contribution in [0.15, 0.2) is 0 Å². The van der Waals surface area contributed by atoms with E-state index in [0.29, 0.717) is 18.3 Å². The minimum absolute atomic E-state index is 0.653. The van der Waals surface area contributed by atoms with Crippen molar-refractivity contribution < 1.29 is 9.47 Å². The zero-order valence-corrected chi connectivity index (χ0v) is 20.6. The molecule has 172 valence electrons. The van der Waals surface area contributed by atoms with Gasteiger partial charge in [-0.25, -0.2) is 0 Å². The Hall–Kier alpha value is 0.620. The number of hydrogen-bond donors (Lipinski definition) is 0. The van der Waals surface area contributed by atoms with Crippen LogP contribution in [0.2, 0.25) is 0 Å². The third-order valence-corrected chi connectivity index (χ3v) is 12.1. The van der Waals surface area contributed by atoms with Crippen LogP contribution in [0.4, 0.5) is 0 Å². The molecule has 10 rings (SSSR count). The van der Waals surface area contributed by atoms with E-state index in [4.69, 9.17) is 9.47 Å². The number of rotatable bonds is 0. The van der Waals surface area contributed by atoms with E-state index in [2.05, 4.69) is 23.5 Å². The summed E-state index contributed by atoms with van der Waals surface area (Å²) in [6, 6.07) is 0. The molecule has 0 aromatic heterocycles. The molecule has 8 bridgehead atoms. The molecule has 0 atom stereocenters. The molecule has 2 saturated carbocycles. The van der Waals surface area contributed by atoms with Crippen LogP contribution in [-0.2, 0) is 9.47 Å². The van der Waals surface area contributed by atoms with Gasteiger partial charge in [0.05, 0.1) is 18.3 Å². The summed E-state index contributed by atoms with van der Waals surface area (Å²) in [5.74, 6) is 3.52. The quantitative estimate of drug-likeness (QED) is 0.385. The molecule has 8 heterocycles. The molecular formula is C26H44O2S2. The first-order chi connectivity index (χ1) is 14.8. The number of ether oxygens (including phenoxy) is 2. The molecule has 10 aliphatic rings. The lowest BCUT2D eigenvalue weighted by molar-refractivity contribution is -0.0615. The molecule has 0 spiro atoms. The van der Waals surface area contributed by atoms with E-state index in [9.17, 15) is 0 Å². The van der Waals surface area contributed by atoms with Crippen LogP contribution in [-0.4, -0.2) is 46.4 Å². The summed E-state index contributed by atoms with van der Waals surface area (Å²) < 4.78 is 10.9. The van der Waals surface area contributed by atoms with Crippen molar-refractivity contribution in [1.82, 2.24) is 0 Å². The SMILES string of the molecule is C1CC2CCC1CO2.C1CC2CCC1CS2.C1CC2CCC1O2.C1CC2CCC1S2. The van der Waals surface area contributed by atoms with Crippen molar-refractivity contribution in [2.75, 3.05) is 12.4 Å². The van der Waals surface area contributed by atoms with Gasteiger partial charge in [-0.15, -0.1) is 0 Å². The highest BCUT2D eigenvalue weighted by molar-refractivity contribution is 8.01. The van der Waals surface area contributed by atoms with E-state index in [0.717, 1.165) is 34.2 Å². The van der Waals surface area contributed by atoms with Gasteiger partial charge in [0.1, 0.15) is 0 Å². The van der Waals surface area contributed by atoms with Crippen LogP contribution in [0, 0.1) is 11.8 Å². The molecule has 2 aliphatic carbocycles. The molecule has 10 fully saturated rings. The van der Waals surface area contributed by atoms with E-state index in [1.54, 1.807) is 0 Å². The van der Waals surface area contributed by atoms with E-state index >= 15 is 0 Å². The van der Waals surface area contributed by atoms with Crippen LogP contribution in [0.1, 0.15) is 103 Å². The van der Waals surface area contributed by atoms with Crippen molar-refractivity contribution in [1.29, 1.82) is 0 Å². The molecule has 2 nitrogen and oxygen atoms in total. The van der Waals surface area contributed by atoms with Gasteiger partial charge < -0.3 is 9.47 Å². The van der Waals surface area contributed by atoms with E-state index < -0.39 is 0 Å². The monoisotopic (exact) mass is 452 g/mol. The van der Waals surface area contributed by atoms with Gasteiger partial charge in [0.2, 0.25) is 0 Å². The average molecular weight is 453 g/mol. The lowest BCUT2D eigenvalue weighted by atomic mass is 9.85. The Morgan fingerprint density at radius 3 is 1.10 bits per heavy atom. The van der Waals surface area contributed by atoms with Crippen LogP contribution < -0.4 is 0 Å². The van der Waals surface area contributed by atoms with Crippen molar-refractivity contribution in [2.24, 2.45) is 11.8 Å². The molecule has 0 aromatic rings. The first kappa shape index (κ1) is 22.4. The predicted octanol–water partition coefficient (Wildman–Crippen LogP) is 7.24. The number of hydrogen-bond acceptors (Lipinski definition) is 4. The van der Waals surface area contributed by atoms with Crippen molar-refractivity contribution in [2.45, 2.75) is 137 Å². The van der Waals surface area contributed by atoms with Crippen LogP contribution in [0.5, 0.6) is 0 Å². The fraction of sp³-hybridized carbons (Fsp3) is 1.00. The van der Waals surface area contributed by atoms with E-state index in [1.165, 1.54) is 108 Å². The van der Waals surface area contributed by atoms with Gasteiger partial charge in [0.15, 0.2) is 0 Å². The van der Waals surface area contributed by atoms with Gasteiger partial charge in [-0.3, -0.25) is 0 Å². The van der Waals surface area contributed by atoms with E-state index in [-0.39, 0.29) is 0 Å². The summed E-state index contributed by atoms with van der Waals surface area (Å²) >= 11 is 4.44. The second kappa shape index (κ2) is 11.2. The van der Waals surface area contributed by atoms with Crippen molar-refractivity contribution in [3.8, 4) is 0 Å². The van der Waals surface area contributed by atoms with Gasteiger partial charge >= 0.3 is 0 Å². The van der Waals surface area contributed by atoms with Gasteiger partial charge in [0.25, 0.3) is 0 Å². The zero-order chi connectivity index (χ0) is 20.2. The Morgan fingerprint density at radius 2 is 0.967 bits per heavy atom. The fourth-order valence-corrected chi connectivity index (χ4v) is 9.74. The Kier molecular flexibility index (Phi) is 8.34. The molecule has 8 aliphatic heterocycles. The second-order valence-electron chi connectivity index (χ2n) is 11.0. The Labute approximate surface area is 193 Å². The Morgan fingerprint density at radius 1 is 0.467 bits per heavy atom. The lowest BCUT2D eigenvalue weighted by Gasteiger charge is -2.35. The minimum Gasteiger partial charge on any atom is -0.378 e. The summed E-state index contributed by atoms with van der Waals surface area (Å²) in [5.41, 5.74) is 0. The van der Waals surface area contributed by atoms with Crippen LogP contribution >= 0.6 is 23.5 Å². The van der Waals surface area contributed by atoms with Gasteiger partial charge in [-0.2, -0.15) is 23.5 Å². The fourth-order valence-electron chi connectivity index (χ4n) is 6.63. The van der Waals surface area contributed by atoms with Gasteiger partial charge in [-0.05, 0) is 120 Å². The molecule has 0 amide bonds. The molecular weight excluding hydrogens is 408 g/mol.